The second-order valence-corrected chi connectivity index (χ2v) is 7.48. The maximum Gasteiger partial charge on any atom is 0.328 e. The van der Waals surface area contributed by atoms with Crippen LogP contribution >= 0.6 is 0 Å². The summed E-state index contributed by atoms with van der Waals surface area (Å²) in [6.07, 6.45) is 4.73. The van der Waals surface area contributed by atoms with Crippen LogP contribution < -0.4 is 4.74 Å². The Labute approximate surface area is 167 Å². The van der Waals surface area contributed by atoms with Crippen molar-refractivity contribution in [2.75, 3.05) is 32.8 Å². The van der Waals surface area contributed by atoms with E-state index < -0.39 is 6.04 Å². The highest BCUT2D eigenvalue weighted by atomic mass is 16.5. The highest BCUT2D eigenvalue weighted by molar-refractivity contribution is 5.86. The maximum absolute atomic E-state index is 13.0. The van der Waals surface area contributed by atoms with E-state index >= 15 is 0 Å². The molecule has 1 aromatic carbocycles. The molecule has 1 aromatic rings. The number of ether oxygens (including phenoxy) is 2. The van der Waals surface area contributed by atoms with E-state index in [1.807, 2.05) is 19.1 Å². The van der Waals surface area contributed by atoms with Crippen molar-refractivity contribution in [2.24, 2.45) is 0 Å². The lowest BCUT2D eigenvalue weighted by molar-refractivity contribution is -0.157. The molecule has 0 spiro atoms. The van der Waals surface area contributed by atoms with Crippen molar-refractivity contribution < 1.29 is 19.1 Å². The molecule has 0 bridgehead atoms. The zero-order chi connectivity index (χ0) is 19.9. The maximum atomic E-state index is 13.0. The van der Waals surface area contributed by atoms with E-state index in [-0.39, 0.29) is 17.9 Å². The zero-order valence-electron chi connectivity index (χ0n) is 17.1. The van der Waals surface area contributed by atoms with E-state index in [0.717, 1.165) is 38.0 Å². The van der Waals surface area contributed by atoms with E-state index in [2.05, 4.69) is 17.0 Å². The minimum Gasteiger partial charge on any atom is -0.494 e. The number of amides is 1. The van der Waals surface area contributed by atoms with Crippen LogP contribution in [0.4, 0.5) is 0 Å². The molecule has 0 radical (unpaired) electrons. The number of rotatable bonds is 7. The molecule has 154 valence electrons. The molecule has 3 rings (SSSR count). The fourth-order valence-electron chi connectivity index (χ4n) is 4.32. The van der Waals surface area contributed by atoms with E-state index in [4.69, 9.17) is 9.47 Å². The topological polar surface area (TPSA) is 59.1 Å². The van der Waals surface area contributed by atoms with Crippen molar-refractivity contribution in [1.82, 2.24) is 9.80 Å². The fraction of sp³-hybridized carbons (Fsp3) is 0.636. The number of benzene rings is 1. The Balaban J connectivity index is 1.65. The van der Waals surface area contributed by atoms with Crippen molar-refractivity contribution in [3.05, 3.63) is 29.8 Å². The average molecular weight is 389 g/mol. The first-order chi connectivity index (χ1) is 13.6. The SMILES string of the molecule is CCOC(=O)[C@H]1CCCCN1C(=O)CN1CCC[C@@H]1c1ccc(OCC)cc1. The van der Waals surface area contributed by atoms with Gasteiger partial charge in [0.05, 0.1) is 19.8 Å². The summed E-state index contributed by atoms with van der Waals surface area (Å²) < 4.78 is 10.7. The number of hydrogen-bond donors (Lipinski definition) is 0. The largest absolute Gasteiger partial charge is 0.494 e. The first-order valence-electron chi connectivity index (χ1n) is 10.6. The molecule has 1 amide bonds. The number of hydrogen-bond acceptors (Lipinski definition) is 5. The second-order valence-electron chi connectivity index (χ2n) is 7.48. The monoisotopic (exact) mass is 388 g/mol. The van der Waals surface area contributed by atoms with E-state index in [1.54, 1.807) is 11.8 Å². The molecule has 0 saturated carbocycles. The highest BCUT2D eigenvalue weighted by Crippen LogP contribution is 2.33. The van der Waals surface area contributed by atoms with Gasteiger partial charge in [0.15, 0.2) is 0 Å². The summed E-state index contributed by atoms with van der Waals surface area (Å²) in [4.78, 5) is 29.3. The second kappa shape index (κ2) is 9.92. The first-order valence-corrected chi connectivity index (χ1v) is 10.6. The Morgan fingerprint density at radius 1 is 1.00 bits per heavy atom. The predicted octanol–water partition coefficient (Wildman–Crippen LogP) is 3.17. The number of carbonyl (C=O) groups excluding carboxylic acids is 2. The van der Waals surface area contributed by atoms with Crippen LogP contribution in [-0.2, 0) is 14.3 Å². The molecule has 0 N–H and O–H groups in total. The molecule has 2 atom stereocenters. The summed E-state index contributed by atoms with van der Waals surface area (Å²) in [6.45, 7) is 6.68. The minimum atomic E-state index is -0.423. The predicted molar refractivity (Wildman–Crippen MR) is 107 cm³/mol. The van der Waals surface area contributed by atoms with Crippen LogP contribution in [0.25, 0.3) is 0 Å². The lowest BCUT2D eigenvalue weighted by Gasteiger charge is -2.36. The molecule has 28 heavy (non-hydrogen) atoms. The third kappa shape index (κ3) is 4.85. The standard InChI is InChI=1S/C22H32N2O4/c1-3-27-18-12-10-17(11-13-18)19-9-7-14-23(19)16-21(25)24-15-6-5-8-20(24)22(26)28-4-2/h10-13,19-20H,3-9,14-16H2,1-2H3/t19-,20-/m1/s1. The summed E-state index contributed by atoms with van der Waals surface area (Å²) in [5.74, 6) is 0.646. The summed E-state index contributed by atoms with van der Waals surface area (Å²) in [7, 11) is 0. The minimum absolute atomic E-state index is 0.0376. The molecular formula is C22H32N2O4. The Bertz CT molecular complexity index is 661. The van der Waals surface area contributed by atoms with Crippen LogP contribution in [0.1, 0.15) is 57.6 Å². The van der Waals surface area contributed by atoms with Gasteiger partial charge in [-0.25, -0.2) is 4.79 Å². The van der Waals surface area contributed by atoms with Crippen molar-refractivity contribution in [3.8, 4) is 5.75 Å². The van der Waals surface area contributed by atoms with Gasteiger partial charge < -0.3 is 14.4 Å². The third-order valence-corrected chi connectivity index (χ3v) is 5.66. The molecule has 6 heteroatoms. The van der Waals surface area contributed by atoms with Gasteiger partial charge >= 0.3 is 5.97 Å². The Morgan fingerprint density at radius 2 is 1.79 bits per heavy atom. The van der Waals surface area contributed by atoms with Crippen LogP contribution in [0.5, 0.6) is 5.75 Å². The van der Waals surface area contributed by atoms with Crippen molar-refractivity contribution in [3.63, 3.8) is 0 Å². The Morgan fingerprint density at radius 3 is 2.50 bits per heavy atom. The fourth-order valence-corrected chi connectivity index (χ4v) is 4.32. The highest BCUT2D eigenvalue weighted by Gasteiger charge is 2.35. The average Bonchev–Trinajstić information content (AvgIpc) is 3.17. The van der Waals surface area contributed by atoms with Crippen molar-refractivity contribution >= 4 is 11.9 Å². The van der Waals surface area contributed by atoms with E-state index in [1.165, 1.54) is 5.56 Å². The van der Waals surface area contributed by atoms with Gasteiger partial charge in [-0.05, 0) is 70.2 Å². The van der Waals surface area contributed by atoms with Gasteiger partial charge in [-0.15, -0.1) is 0 Å². The summed E-state index contributed by atoms with van der Waals surface area (Å²) >= 11 is 0. The van der Waals surface area contributed by atoms with Gasteiger partial charge in [-0.2, -0.15) is 0 Å². The molecule has 0 aliphatic carbocycles. The zero-order valence-corrected chi connectivity index (χ0v) is 17.1. The molecule has 2 saturated heterocycles. The first kappa shape index (κ1) is 20.6. The third-order valence-electron chi connectivity index (χ3n) is 5.66. The molecule has 2 heterocycles. The Hall–Kier alpha value is -2.08. The lowest BCUT2D eigenvalue weighted by Crippen LogP contribution is -2.51. The number of esters is 1. The van der Waals surface area contributed by atoms with Gasteiger partial charge in [0.25, 0.3) is 0 Å². The number of carbonyl (C=O) groups is 2. The molecule has 6 nitrogen and oxygen atoms in total. The summed E-state index contributed by atoms with van der Waals surface area (Å²) in [5, 5.41) is 0. The van der Waals surface area contributed by atoms with E-state index in [9.17, 15) is 9.59 Å². The number of likely N-dealkylation sites (tertiary alicyclic amines) is 2. The van der Waals surface area contributed by atoms with Gasteiger partial charge in [0, 0.05) is 12.6 Å². The summed E-state index contributed by atoms with van der Waals surface area (Å²) in [6, 6.07) is 8.01. The molecule has 2 aliphatic rings. The molecule has 2 aliphatic heterocycles. The van der Waals surface area contributed by atoms with Crippen molar-refractivity contribution in [1.29, 1.82) is 0 Å². The summed E-state index contributed by atoms with van der Waals surface area (Å²) in [5.41, 5.74) is 1.22. The lowest BCUT2D eigenvalue weighted by atomic mass is 10.0. The molecule has 0 unspecified atom stereocenters. The quantitative estimate of drug-likeness (QED) is 0.672. The van der Waals surface area contributed by atoms with Gasteiger partial charge in [0.1, 0.15) is 11.8 Å². The Kier molecular flexibility index (Phi) is 7.31. The van der Waals surface area contributed by atoms with Gasteiger partial charge in [0.2, 0.25) is 5.91 Å². The van der Waals surface area contributed by atoms with Crippen LogP contribution in [0.15, 0.2) is 24.3 Å². The molecule has 0 aromatic heterocycles. The van der Waals surface area contributed by atoms with Gasteiger partial charge in [-0.3, -0.25) is 9.69 Å². The van der Waals surface area contributed by atoms with Crippen LogP contribution in [0.3, 0.4) is 0 Å². The smallest absolute Gasteiger partial charge is 0.328 e. The number of piperidine rings is 1. The molecule has 2 fully saturated rings. The van der Waals surface area contributed by atoms with Crippen LogP contribution in [-0.4, -0.2) is 60.6 Å². The van der Waals surface area contributed by atoms with Crippen LogP contribution in [0, 0.1) is 0 Å². The van der Waals surface area contributed by atoms with Crippen LogP contribution in [0.2, 0.25) is 0 Å². The van der Waals surface area contributed by atoms with Gasteiger partial charge in [-0.1, -0.05) is 12.1 Å². The van der Waals surface area contributed by atoms with E-state index in [0.29, 0.717) is 32.7 Å². The van der Waals surface area contributed by atoms with Crippen molar-refractivity contribution in [2.45, 2.75) is 58.0 Å². The number of nitrogens with zero attached hydrogens (tertiary/aromatic N) is 2. The normalized spacial score (nSPS) is 22.9. The molecular weight excluding hydrogens is 356 g/mol.